The number of nitrogens with one attached hydrogen (secondary N) is 1. The number of hydrogen-bond acceptors (Lipinski definition) is 6. The Morgan fingerprint density at radius 2 is 1.71 bits per heavy atom. The van der Waals surface area contributed by atoms with E-state index in [1.807, 2.05) is 6.07 Å². The van der Waals surface area contributed by atoms with Crippen molar-refractivity contribution in [3.05, 3.63) is 99.1 Å². The highest BCUT2D eigenvalue weighted by atomic mass is 32.2. The molecule has 1 N–H and O–H groups in total. The fraction of sp³-hybridized carbons (Fsp3) is 0.136. The molecule has 0 radical (unpaired) electrons. The van der Waals surface area contributed by atoms with Crippen molar-refractivity contribution in [3.8, 4) is 5.75 Å². The highest BCUT2D eigenvalue weighted by Crippen LogP contribution is 2.23. The van der Waals surface area contributed by atoms with Gasteiger partial charge in [0.25, 0.3) is 11.6 Å². The second kappa shape index (κ2) is 8.97. The normalized spacial score (nSPS) is 11.0. The average Bonchev–Trinajstić information content (AvgIpc) is 2.74. The minimum Gasteiger partial charge on any atom is -0.379 e. The maximum atomic E-state index is 12.6. The van der Waals surface area contributed by atoms with Gasteiger partial charge < -0.3 is 9.50 Å². The van der Waals surface area contributed by atoms with Crippen LogP contribution in [-0.4, -0.2) is 19.2 Å². The van der Waals surface area contributed by atoms with Gasteiger partial charge in [-0.05, 0) is 55.3 Å². The number of nitro groups is 1. The van der Waals surface area contributed by atoms with Crippen LogP contribution in [-0.2, 0) is 16.7 Å². The number of nitrogens with zero attached hydrogens (tertiary/aromatic N) is 1. The zero-order chi connectivity index (χ0) is 22.6. The zero-order valence-corrected chi connectivity index (χ0v) is 17.7. The lowest BCUT2D eigenvalue weighted by Gasteiger charge is -2.11. The third-order valence-electron chi connectivity index (χ3n) is 4.56. The largest absolute Gasteiger partial charge is 0.379 e. The Hall–Kier alpha value is -3.72. The van der Waals surface area contributed by atoms with Gasteiger partial charge in [0, 0.05) is 23.7 Å². The Morgan fingerprint density at radius 3 is 2.39 bits per heavy atom. The number of hydrogen-bond donors (Lipinski definition) is 1. The van der Waals surface area contributed by atoms with Crippen molar-refractivity contribution < 1.29 is 22.3 Å². The van der Waals surface area contributed by atoms with Crippen LogP contribution in [0.15, 0.2) is 71.6 Å². The molecule has 0 aliphatic heterocycles. The Kier molecular flexibility index (Phi) is 6.36. The molecule has 9 heteroatoms. The Morgan fingerprint density at radius 1 is 1.03 bits per heavy atom. The van der Waals surface area contributed by atoms with Crippen LogP contribution in [0.2, 0.25) is 0 Å². The van der Waals surface area contributed by atoms with Crippen molar-refractivity contribution in [2.45, 2.75) is 25.3 Å². The number of benzene rings is 3. The van der Waals surface area contributed by atoms with Gasteiger partial charge >= 0.3 is 10.1 Å². The summed E-state index contributed by atoms with van der Waals surface area (Å²) in [6, 6.07) is 16.8. The molecule has 0 fully saturated rings. The van der Waals surface area contributed by atoms with Crippen LogP contribution in [0.3, 0.4) is 0 Å². The lowest BCUT2D eigenvalue weighted by molar-refractivity contribution is -0.385. The molecule has 0 aliphatic rings. The van der Waals surface area contributed by atoms with Crippen LogP contribution >= 0.6 is 0 Å². The molecule has 1 amide bonds. The number of carbonyl (C=O) groups excluding carboxylic acids is 1. The molecule has 3 rings (SSSR count). The zero-order valence-electron chi connectivity index (χ0n) is 16.9. The van der Waals surface area contributed by atoms with E-state index < -0.39 is 20.9 Å². The Balaban J connectivity index is 1.69. The van der Waals surface area contributed by atoms with Gasteiger partial charge in [0.15, 0.2) is 0 Å². The third-order valence-corrected chi connectivity index (χ3v) is 5.95. The van der Waals surface area contributed by atoms with Crippen molar-refractivity contribution in [2.24, 2.45) is 0 Å². The summed E-state index contributed by atoms with van der Waals surface area (Å²) in [4.78, 5) is 23.0. The summed E-state index contributed by atoms with van der Waals surface area (Å²) in [7, 11) is -4.02. The molecule has 0 heterocycles. The Bertz CT molecular complexity index is 1240. The van der Waals surface area contributed by atoms with E-state index in [4.69, 9.17) is 4.18 Å². The van der Waals surface area contributed by atoms with Gasteiger partial charge in [0.1, 0.15) is 10.6 Å². The quantitative estimate of drug-likeness (QED) is 0.338. The highest BCUT2D eigenvalue weighted by Gasteiger charge is 2.20. The maximum absolute atomic E-state index is 12.6. The molecular formula is C22H20N2O6S. The molecule has 160 valence electrons. The van der Waals surface area contributed by atoms with Gasteiger partial charge in [-0.1, -0.05) is 30.3 Å². The molecule has 0 saturated heterocycles. The minimum absolute atomic E-state index is 0.0186. The van der Waals surface area contributed by atoms with Gasteiger partial charge in [-0.2, -0.15) is 8.42 Å². The standard InChI is InChI=1S/C22H20N2O6S/c1-15-7-8-16(2)21(13-15)31(28,29)30-19-11-9-17(10-12-19)22(25)23-14-18-5-3-4-6-20(18)24(26)27/h3-13H,14H2,1-2H3,(H,23,25). The molecule has 8 nitrogen and oxygen atoms in total. The van der Waals surface area contributed by atoms with E-state index in [9.17, 15) is 23.3 Å². The molecule has 0 aromatic heterocycles. The van der Waals surface area contributed by atoms with Gasteiger partial charge in [-0.15, -0.1) is 0 Å². The van der Waals surface area contributed by atoms with E-state index in [0.29, 0.717) is 11.1 Å². The summed E-state index contributed by atoms with van der Waals surface area (Å²) in [5, 5.41) is 13.7. The van der Waals surface area contributed by atoms with Crippen LogP contribution in [0.25, 0.3) is 0 Å². The van der Waals surface area contributed by atoms with Gasteiger partial charge in [-0.25, -0.2) is 0 Å². The smallest absolute Gasteiger partial charge is 0.339 e. The first-order valence-corrected chi connectivity index (χ1v) is 10.7. The van der Waals surface area contributed by atoms with E-state index in [2.05, 4.69) is 5.32 Å². The molecule has 3 aromatic rings. The molecule has 0 spiro atoms. The van der Waals surface area contributed by atoms with Gasteiger partial charge in [-0.3, -0.25) is 14.9 Å². The molecule has 0 bridgehead atoms. The first-order valence-electron chi connectivity index (χ1n) is 9.29. The predicted molar refractivity (Wildman–Crippen MR) is 114 cm³/mol. The highest BCUT2D eigenvalue weighted by molar-refractivity contribution is 7.87. The van der Waals surface area contributed by atoms with Crippen LogP contribution in [0.5, 0.6) is 5.75 Å². The minimum atomic E-state index is -4.02. The van der Waals surface area contributed by atoms with Gasteiger partial charge in [0.05, 0.1) is 4.92 Å². The molecule has 0 atom stereocenters. The van der Waals surface area contributed by atoms with Crippen LogP contribution in [0.1, 0.15) is 27.0 Å². The van der Waals surface area contributed by atoms with E-state index in [1.54, 1.807) is 38.1 Å². The van der Waals surface area contributed by atoms with Crippen molar-refractivity contribution in [1.29, 1.82) is 0 Å². The fourth-order valence-corrected chi connectivity index (χ4v) is 4.17. The number of amides is 1. The first kappa shape index (κ1) is 22.0. The fourth-order valence-electron chi connectivity index (χ4n) is 2.93. The first-order chi connectivity index (χ1) is 14.7. The molecule has 3 aromatic carbocycles. The molecule has 0 unspecified atom stereocenters. The number of aryl methyl sites for hydroxylation is 2. The Labute approximate surface area is 179 Å². The van der Waals surface area contributed by atoms with E-state index in [1.165, 1.54) is 36.4 Å². The second-order valence-corrected chi connectivity index (χ2v) is 8.41. The number of para-hydroxylation sites is 1. The predicted octanol–water partition coefficient (Wildman–Crippen LogP) is 3.91. The number of rotatable bonds is 7. The number of carbonyl (C=O) groups is 1. The summed E-state index contributed by atoms with van der Waals surface area (Å²) in [6.45, 7) is 3.45. The summed E-state index contributed by atoms with van der Waals surface area (Å²) in [6.07, 6.45) is 0. The van der Waals surface area contributed by atoms with Crippen molar-refractivity contribution in [3.63, 3.8) is 0 Å². The monoisotopic (exact) mass is 440 g/mol. The van der Waals surface area contributed by atoms with Crippen molar-refractivity contribution in [1.82, 2.24) is 5.32 Å². The second-order valence-electron chi connectivity index (χ2n) is 6.90. The summed E-state index contributed by atoms with van der Waals surface area (Å²) >= 11 is 0. The van der Waals surface area contributed by atoms with E-state index >= 15 is 0 Å². The average molecular weight is 440 g/mol. The summed E-state index contributed by atoms with van der Waals surface area (Å²) < 4.78 is 30.4. The SMILES string of the molecule is Cc1ccc(C)c(S(=O)(=O)Oc2ccc(C(=O)NCc3ccccc3[N+](=O)[O-])cc2)c1. The number of nitro benzene ring substituents is 1. The topological polar surface area (TPSA) is 116 Å². The maximum Gasteiger partial charge on any atom is 0.339 e. The molecule has 31 heavy (non-hydrogen) atoms. The van der Waals surface area contributed by atoms with E-state index in [-0.39, 0.29) is 28.4 Å². The van der Waals surface area contributed by atoms with E-state index in [0.717, 1.165) is 5.56 Å². The van der Waals surface area contributed by atoms with Crippen molar-refractivity contribution in [2.75, 3.05) is 0 Å². The molecular weight excluding hydrogens is 420 g/mol. The van der Waals surface area contributed by atoms with Crippen LogP contribution in [0.4, 0.5) is 5.69 Å². The van der Waals surface area contributed by atoms with Crippen LogP contribution in [0, 0.1) is 24.0 Å². The summed E-state index contributed by atoms with van der Waals surface area (Å²) in [5.41, 5.74) is 1.91. The lowest BCUT2D eigenvalue weighted by Crippen LogP contribution is -2.23. The molecule has 0 saturated carbocycles. The van der Waals surface area contributed by atoms with Crippen LogP contribution < -0.4 is 9.50 Å². The van der Waals surface area contributed by atoms with Gasteiger partial charge in [0.2, 0.25) is 0 Å². The summed E-state index contributed by atoms with van der Waals surface area (Å²) in [5.74, 6) is -0.391. The third kappa shape index (κ3) is 5.26. The van der Waals surface area contributed by atoms with Crippen molar-refractivity contribution >= 4 is 21.7 Å². The lowest BCUT2D eigenvalue weighted by atomic mass is 10.1. The molecule has 0 aliphatic carbocycles.